The van der Waals surface area contributed by atoms with Crippen molar-refractivity contribution in [1.82, 2.24) is 9.78 Å². The standard InChI is InChI=1S/C14H19N3O/c1-2-11(15)6-5-9-17-13-8-4-3-7-12(13)14(18)10-16-17/h3-4,7-8,10-11H,2,5-6,9,15H2,1H3. The summed E-state index contributed by atoms with van der Waals surface area (Å²) in [5.41, 5.74) is 6.77. The average molecular weight is 245 g/mol. The zero-order valence-corrected chi connectivity index (χ0v) is 10.7. The summed E-state index contributed by atoms with van der Waals surface area (Å²) in [6.45, 7) is 2.90. The third kappa shape index (κ3) is 2.76. The van der Waals surface area contributed by atoms with Gasteiger partial charge in [-0.2, -0.15) is 5.10 Å². The monoisotopic (exact) mass is 245 g/mol. The lowest BCUT2D eigenvalue weighted by Gasteiger charge is -2.11. The van der Waals surface area contributed by atoms with E-state index < -0.39 is 0 Å². The van der Waals surface area contributed by atoms with Crippen LogP contribution in [0.5, 0.6) is 0 Å². The van der Waals surface area contributed by atoms with Crippen molar-refractivity contribution in [2.45, 2.75) is 38.8 Å². The highest BCUT2D eigenvalue weighted by atomic mass is 16.1. The van der Waals surface area contributed by atoms with E-state index in [0.717, 1.165) is 36.7 Å². The minimum atomic E-state index is -0.0212. The van der Waals surface area contributed by atoms with Gasteiger partial charge in [-0.1, -0.05) is 19.1 Å². The molecule has 0 aliphatic carbocycles. The molecule has 0 amide bonds. The molecule has 0 fully saturated rings. The summed E-state index contributed by atoms with van der Waals surface area (Å²) in [6, 6.07) is 7.84. The second kappa shape index (κ2) is 5.78. The quantitative estimate of drug-likeness (QED) is 0.875. The minimum absolute atomic E-state index is 0.0212. The van der Waals surface area contributed by atoms with Crippen LogP contribution in [0.2, 0.25) is 0 Å². The van der Waals surface area contributed by atoms with Crippen molar-refractivity contribution in [3.05, 3.63) is 40.7 Å². The predicted molar refractivity (Wildman–Crippen MR) is 73.5 cm³/mol. The first-order chi connectivity index (χ1) is 8.72. The number of rotatable bonds is 5. The molecule has 2 aromatic rings. The molecule has 1 aromatic carbocycles. The summed E-state index contributed by atoms with van der Waals surface area (Å²) < 4.78 is 1.89. The van der Waals surface area contributed by atoms with Crippen LogP contribution in [-0.4, -0.2) is 15.8 Å². The lowest BCUT2D eigenvalue weighted by atomic mass is 10.1. The van der Waals surface area contributed by atoms with E-state index in [2.05, 4.69) is 12.0 Å². The molecule has 0 aliphatic heterocycles. The number of nitrogens with zero attached hydrogens (tertiary/aromatic N) is 2. The molecule has 1 unspecified atom stereocenters. The van der Waals surface area contributed by atoms with Gasteiger partial charge in [0.15, 0.2) is 0 Å². The second-order valence-electron chi connectivity index (χ2n) is 4.56. The molecule has 2 rings (SSSR count). The number of nitrogens with two attached hydrogens (primary N) is 1. The van der Waals surface area contributed by atoms with E-state index in [1.165, 1.54) is 6.20 Å². The first-order valence-electron chi connectivity index (χ1n) is 6.43. The Morgan fingerprint density at radius 3 is 2.94 bits per heavy atom. The Balaban J connectivity index is 2.19. The molecular formula is C14H19N3O. The molecule has 96 valence electrons. The van der Waals surface area contributed by atoms with Gasteiger partial charge in [-0.25, -0.2) is 0 Å². The first-order valence-corrected chi connectivity index (χ1v) is 6.43. The van der Waals surface area contributed by atoms with Gasteiger partial charge in [-0.05, 0) is 31.4 Å². The van der Waals surface area contributed by atoms with Crippen LogP contribution in [0.3, 0.4) is 0 Å². The summed E-state index contributed by atoms with van der Waals surface area (Å²) in [5, 5.41) is 4.92. The van der Waals surface area contributed by atoms with Crippen molar-refractivity contribution in [1.29, 1.82) is 0 Å². The zero-order chi connectivity index (χ0) is 13.0. The molecule has 1 aromatic heterocycles. The molecule has 1 heterocycles. The van der Waals surface area contributed by atoms with Crippen LogP contribution >= 0.6 is 0 Å². The fraction of sp³-hybridized carbons (Fsp3) is 0.429. The van der Waals surface area contributed by atoms with Gasteiger partial charge in [-0.15, -0.1) is 0 Å². The zero-order valence-electron chi connectivity index (χ0n) is 10.7. The average Bonchev–Trinajstić information content (AvgIpc) is 2.41. The summed E-state index contributed by atoms with van der Waals surface area (Å²) in [5.74, 6) is 0. The molecule has 18 heavy (non-hydrogen) atoms. The molecule has 0 spiro atoms. The molecule has 2 N–H and O–H groups in total. The smallest absolute Gasteiger partial charge is 0.207 e. The number of hydrogen-bond donors (Lipinski definition) is 1. The van der Waals surface area contributed by atoms with Gasteiger partial charge in [-0.3, -0.25) is 9.48 Å². The number of aromatic nitrogens is 2. The van der Waals surface area contributed by atoms with Gasteiger partial charge in [0, 0.05) is 18.0 Å². The van der Waals surface area contributed by atoms with Crippen LogP contribution < -0.4 is 11.2 Å². The minimum Gasteiger partial charge on any atom is -0.328 e. The molecule has 1 atom stereocenters. The van der Waals surface area contributed by atoms with Crippen molar-refractivity contribution in [2.24, 2.45) is 5.73 Å². The molecular weight excluding hydrogens is 226 g/mol. The van der Waals surface area contributed by atoms with Crippen molar-refractivity contribution in [2.75, 3.05) is 0 Å². The van der Waals surface area contributed by atoms with Crippen molar-refractivity contribution in [3.8, 4) is 0 Å². The van der Waals surface area contributed by atoms with E-state index in [1.807, 2.05) is 28.9 Å². The Bertz CT molecular complexity index is 577. The normalized spacial score (nSPS) is 12.8. The highest BCUT2D eigenvalue weighted by Gasteiger charge is 2.04. The highest BCUT2D eigenvalue weighted by molar-refractivity contribution is 5.77. The van der Waals surface area contributed by atoms with E-state index in [9.17, 15) is 4.79 Å². The molecule has 0 aliphatic rings. The Morgan fingerprint density at radius 1 is 1.39 bits per heavy atom. The number of para-hydroxylation sites is 1. The number of hydrogen-bond acceptors (Lipinski definition) is 3. The number of benzene rings is 1. The molecule has 0 radical (unpaired) electrons. The molecule has 0 saturated carbocycles. The topological polar surface area (TPSA) is 60.9 Å². The van der Waals surface area contributed by atoms with E-state index >= 15 is 0 Å². The fourth-order valence-electron chi connectivity index (χ4n) is 2.05. The van der Waals surface area contributed by atoms with Crippen LogP contribution in [0.1, 0.15) is 26.2 Å². The molecule has 4 heteroatoms. The van der Waals surface area contributed by atoms with Crippen LogP contribution in [0.4, 0.5) is 0 Å². The maximum absolute atomic E-state index is 11.7. The second-order valence-corrected chi connectivity index (χ2v) is 4.56. The van der Waals surface area contributed by atoms with E-state index in [1.54, 1.807) is 0 Å². The third-order valence-electron chi connectivity index (χ3n) is 3.23. The van der Waals surface area contributed by atoms with Gasteiger partial charge in [0.2, 0.25) is 5.43 Å². The number of aryl methyl sites for hydroxylation is 1. The van der Waals surface area contributed by atoms with E-state index in [0.29, 0.717) is 0 Å². The summed E-state index contributed by atoms with van der Waals surface area (Å²) in [6.07, 6.45) is 4.36. The Hall–Kier alpha value is -1.68. The fourth-order valence-corrected chi connectivity index (χ4v) is 2.05. The predicted octanol–water partition coefficient (Wildman–Crippen LogP) is 1.91. The largest absolute Gasteiger partial charge is 0.328 e. The molecule has 0 saturated heterocycles. The van der Waals surface area contributed by atoms with Gasteiger partial charge in [0.25, 0.3) is 0 Å². The summed E-state index contributed by atoms with van der Waals surface area (Å²) in [7, 11) is 0. The van der Waals surface area contributed by atoms with E-state index in [4.69, 9.17) is 5.73 Å². The first kappa shape index (κ1) is 12.8. The van der Waals surface area contributed by atoms with Gasteiger partial charge in [0.1, 0.15) is 0 Å². The lowest BCUT2D eigenvalue weighted by Crippen LogP contribution is -2.19. The van der Waals surface area contributed by atoms with Crippen LogP contribution in [0.15, 0.2) is 35.3 Å². The van der Waals surface area contributed by atoms with Crippen LogP contribution in [-0.2, 0) is 6.54 Å². The Morgan fingerprint density at radius 2 is 2.17 bits per heavy atom. The lowest BCUT2D eigenvalue weighted by molar-refractivity contribution is 0.505. The highest BCUT2D eigenvalue weighted by Crippen LogP contribution is 2.09. The van der Waals surface area contributed by atoms with Gasteiger partial charge in [0.05, 0.1) is 11.7 Å². The Kier molecular flexibility index (Phi) is 4.10. The van der Waals surface area contributed by atoms with Gasteiger partial charge >= 0.3 is 0 Å². The number of fused-ring (bicyclic) bond motifs is 1. The third-order valence-corrected chi connectivity index (χ3v) is 3.23. The maximum Gasteiger partial charge on any atom is 0.207 e. The molecule has 4 nitrogen and oxygen atoms in total. The van der Waals surface area contributed by atoms with Crippen LogP contribution in [0, 0.1) is 0 Å². The van der Waals surface area contributed by atoms with Crippen molar-refractivity contribution < 1.29 is 0 Å². The van der Waals surface area contributed by atoms with Crippen molar-refractivity contribution in [3.63, 3.8) is 0 Å². The SMILES string of the molecule is CCC(N)CCCn1ncc(=O)c2ccccc21. The van der Waals surface area contributed by atoms with E-state index in [-0.39, 0.29) is 11.5 Å². The summed E-state index contributed by atoms with van der Waals surface area (Å²) in [4.78, 5) is 11.7. The van der Waals surface area contributed by atoms with Gasteiger partial charge < -0.3 is 5.73 Å². The maximum atomic E-state index is 11.7. The van der Waals surface area contributed by atoms with Crippen molar-refractivity contribution >= 4 is 10.9 Å². The molecule has 0 bridgehead atoms. The van der Waals surface area contributed by atoms with Crippen LogP contribution in [0.25, 0.3) is 10.9 Å². The summed E-state index contributed by atoms with van der Waals surface area (Å²) >= 11 is 0. The Labute approximate surface area is 106 Å².